The normalized spacial score (nSPS) is 11.2. The third-order valence-electron chi connectivity index (χ3n) is 5.01. The molecule has 1 N–H and O–H groups in total. The lowest BCUT2D eigenvalue weighted by Crippen LogP contribution is -2.13. The van der Waals surface area contributed by atoms with Crippen molar-refractivity contribution < 1.29 is 4.79 Å². The topological polar surface area (TPSA) is 94.9 Å². The number of rotatable bonds is 6. The van der Waals surface area contributed by atoms with Crippen molar-refractivity contribution in [2.24, 2.45) is 0 Å². The number of aryl methyl sites for hydroxylation is 1. The third kappa shape index (κ3) is 4.39. The molecule has 166 valence electrons. The predicted octanol–water partition coefficient (Wildman–Crippen LogP) is 4.53. The van der Waals surface area contributed by atoms with Crippen molar-refractivity contribution >= 4 is 44.9 Å². The monoisotopic (exact) mass is 524 g/mol. The van der Waals surface area contributed by atoms with Gasteiger partial charge in [-0.2, -0.15) is 15.3 Å². The number of aromatic nitrogens is 7. The summed E-state index contributed by atoms with van der Waals surface area (Å²) in [6.07, 6.45) is 5.37. The molecule has 0 bridgehead atoms. The van der Waals surface area contributed by atoms with Gasteiger partial charge in [-0.25, -0.2) is 9.50 Å². The summed E-state index contributed by atoms with van der Waals surface area (Å²) in [7, 11) is 0. The van der Waals surface area contributed by atoms with E-state index in [4.69, 9.17) is 11.6 Å². The molecular weight excluding hydrogens is 508 g/mol. The molecule has 0 aliphatic carbocycles. The summed E-state index contributed by atoms with van der Waals surface area (Å²) < 4.78 is 6.01. The fraction of sp³-hybridized carbons (Fsp3) is 0.136. The molecule has 1 amide bonds. The number of hydrogen-bond acceptors (Lipinski definition) is 5. The summed E-state index contributed by atoms with van der Waals surface area (Å²) in [4.78, 5) is 17.2. The molecule has 4 heterocycles. The number of amides is 1. The molecule has 33 heavy (non-hydrogen) atoms. The average Bonchev–Trinajstić information content (AvgIpc) is 3.53. The minimum absolute atomic E-state index is 0.230. The molecule has 5 aromatic rings. The van der Waals surface area contributed by atoms with Crippen LogP contribution in [0.15, 0.2) is 65.5 Å². The molecule has 0 spiro atoms. The lowest BCUT2D eigenvalue weighted by Gasteiger charge is -2.03. The zero-order valence-electron chi connectivity index (χ0n) is 17.5. The minimum atomic E-state index is -0.374. The Morgan fingerprint density at radius 1 is 1.09 bits per heavy atom. The lowest BCUT2D eigenvalue weighted by atomic mass is 10.2. The molecule has 0 fully saturated rings. The van der Waals surface area contributed by atoms with Crippen molar-refractivity contribution in [3.8, 4) is 11.4 Å². The van der Waals surface area contributed by atoms with Gasteiger partial charge in [-0.3, -0.25) is 14.2 Å². The molecule has 4 aromatic heterocycles. The van der Waals surface area contributed by atoms with E-state index in [9.17, 15) is 4.79 Å². The minimum Gasteiger partial charge on any atom is -0.304 e. The first-order valence-electron chi connectivity index (χ1n) is 10.2. The summed E-state index contributed by atoms with van der Waals surface area (Å²) in [5.41, 5.74) is 3.28. The zero-order chi connectivity index (χ0) is 22.9. The van der Waals surface area contributed by atoms with Gasteiger partial charge in [-0.15, -0.1) is 0 Å². The number of hydrogen-bond donors (Lipinski definition) is 1. The Hall–Kier alpha value is -3.50. The number of fused-ring (bicyclic) bond motifs is 1. The number of halogens is 2. The van der Waals surface area contributed by atoms with E-state index in [1.54, 1.807) is 33.7 Å². The molecule has 9 nitrogen and oxygen atoms in total. The quantitative estimate of drug-likeness (QED) is 0.352. The molecule has 0 atom stereocenters. The van der Waals surface area contributed by atoms with Crippen molar-refractivity contribution in [1.82, 2.24) is 34.2 Å². The molecule has 0 saturated heterocycles. The summed E-state index contributed by atoms with van der Waals surface area (Å²) >= 11 is 9.48. The number of nitrogens with one attached hydrogen (secondary N) is 1. The van der Waals surface area contributed by atoms with Gasteiger partial charge < -0.3 is 5.32 Å². The van der Waals surface area contributed by atoms with Crippen LogP contribution in [0.4, 0.5) is 5.82 Å². The van der Waals surface area contributed by atoms with Gasteiger partial charge in [0.1, 0.15) is 5.69 Å². The van der Waals surface area contributed by atoms with Gasteiger partial charge in [0, 0.05) is 42.3 Å². The molecule has 1 aromatic carbocycles. The number of anilines is 1. The number of benzene rings is 1. The van der Waals surface area contributed by atoms with E-state index in [-0.39, 0.29) is 11.6 Å². The molecule has 11 heteroatoms. The van der Waals surface area contributed by atoms with Crippen LogP contribution in [0.25, 0.3) is 17.0 Å². The predicted molar refractivity (Wildman–Crippen MR) is 128 cm³/mol. The number of nitrogens with zero attached hydrogens (tertiary/aromatic N) is 7. The Balaban J connectivity index is 1.36. The molecule has 0 aliphatic heterocycles. The third-order valence-corrected chi connectivity index (χ3v) is 5.85. The van der Waals surface area contributed by atoms with Gasteiger partial charge >= 0.3 is 0 Å². The highest BCUT2D eigenvalue weighted by atomic mass is 79.9. The fourth-order valence-corrected chi connectivity index (χ4v) is 4.04. The van der Waals surface area contributed by atoms with Crippen LogP contribution in [0.5, 0.6) is 0 Å². The summed E-state index contributed by atoms with van der Waals surface area (Å²) in [6.45, 7) is 3.32. The Kier molecular flexibility index (Phi) is 5.69. The van der Waals surface area contributed by atoms with E-state index in [0.29, 0.717) is 23.0 Å². The van der Waals surface area contributed by atoms with Crippen LogP contribution >= 0.6 is 27.5 Å². The van der Waals surface area contributed by atoms with Crippen LogP contribution in [-0.4, -0.2) is 40.1 Å². The number of carbonyl (C=O) groups is 1. The van der Waals surface area contributed by atoms with Crippen LogP contribution in [0, 0.1) is 0 Å². The highest BCUT2D eigenvalue weighted by Crippen LogP contribution is 2.27. The molecule has 0 aliphatic rings. The summed E-state index contributed by atoms with van der Waals surface area (Å²) in [6, 6.07) is 12.7. The Morgan fingerprint density at radius 3 is 2.67 bits per heavy atom. The van der Waals surface area contributed by atoms with E-state index in [1.807, 2.05) is 48.1 Å². The largest absolute Gasteiger partial charge is 0.304 e. The van der Waals surface area contributed by atoms with Gasteiger partial charge in [0.2, 0.25) is 0 Å². The van der Waals surface area contributed by atoms with Gasteiger partial charge in [-0.05, 0) is 46.6 Å². The average molecular weight is 526 g/mol. The highest BCUT2D eigenvalue weighted by molar-refractivity contribution is 9.10. The Morgan fingerprint density at radius 2 is 1.91 bits per heavy atom. The SMILES string of the molecule is CCn1cc(Br)c(-c2ccnc3cc(C(=O)Nc4ccn(Cc5ccc(Cl)cc5)n4)nn23)n1. The van der Waals surface area contributed by atoms with Crippen LogP contribution in [0.3, 0.4) is 0 Å². The van der Waals surface area contributed by atoms with Gasteiger partial charge in [0.05, 0.1) is 16.7 Å². The maximum Gasteiger partial charge on any atom is 0.277 e. The molecular formula is C22H18BrClN8O. The molecule has 5 rings (SSSR count). The highest BCUT2D eigenvalue weighted by Gasteiger charge is 2.18. The molecule has 0 saturated carbocycles. The van der Waals surface area contributed by atoms with Crippen LogP contribution in [0.2, 0.25) is 5.02 Å². The molecule has 0 radical (unpaired) electrons. The first-order valence-corrected chi connectivity index (χ1v) is 11.3. The first-order chi connectivity index (χ1) is 16.0. The van der Waals surface area contributed by atoms with E-state index in [1.165, 1.54) is 0 Å². The van der Waals surface area contributed by atoms with Crippen molar-refractivity contribution in [3.05, 3.63) is 81.8 Å². The zero-order valence-corrected chi connectivity index (χ0v) is 19.8. The summed E-state index contributed by atoms with van der Waals surface area (Å²) in [5.74, 6) is 0.0602. The first kappa shape index (κ1) is 21.4. The van der Waals surface area contributed by atoms with E-state index in [0.717, 1.165) is 28.0 Å². The van der Waals surface area contributed by atoms with E-state index >= 15 is 0 Å². The van der Waals surface area contributed by atoms with E-state index < -0.39 is 0 Å². The van der Waals surface area contributed by atoms with Crippen molar-refractivity contribution in [2.45, 2.75) is 20.0 Å². The number of carbonyl (C=O) groups excluding carboxylic acids is 1. The van der Waals surface area contributed by atoms with Crippen LogP contribution in [0.1, 0.15) is 23.0 Å². The standard InChI is InChI=1S/C22H18BrClN8O/c1-2-30-13-16(23)21(29-30)18-7-9-25-20-11-17(27-32(18)20)22(33)26-19-8-10-31(28-19)12-14-3-5-15(24)6-4-14/h3-11,13H,2,12H2,1H3,(H,26,28,33). The fourth-order valence-electron chi connectivity index (χ4n) is 3.39. The smallest absolute Gasteiger partial charge is 0.277 e. The second kappa shape index (κ2) is 8.80. The van der Waals surface area contributed by atoms with Crippen molar-refractivity contribution in [2.75, 3.05) is 5.32 Å². The molecule has 0 unspecified atom stereocenters. The van der Waals surface area contributed by atoms with E-state index in [2.05, 4.69) is 41.5 Å². The van der Waals surface area contributed by atoms with Crippen LogP contribution in [-0.2, 0) is 13.1 Å². The maximum atomic E-state index is 12.8. The second-order valence-electron chi connectivity index (χ2n) is 7.29. The van der Waals surface area contributed by atoms with Gasteiger partial charge in [0.15, 0.2) is 17.2 Å². The Labute approximate surface area is 202 Å². The van der Waals surface area contributed by atoms with Crippen molar-refractivity contribution in [1.29, 1.82) is 0 Å². The second-order valence-corrected chi connectivity index (χ2v) is 8.58. The van der Waals surface area contributed by atoms with Crippen molar-refractivity contribution in [3.63, 3.8) is 0 Å². The lowest BCUT2D eigenvalue weighted by molar-refractivity contribution is 0.102. The van der Waals surface area contributed by atoms with Crippen LogP contribution < -0.4 is 5.32 Å². The summed E-state index contributed by atoms with van der Waals surface area (Å²) in [5, 5.41) is 16.9. The Bertz CT molecular complexity index is 1450. The maximum absolute atomic E-state index is 12.8. The van der Waals surface area contributed by atoms with Gasteiger partial charge in [-0.1, -0.05) is 23.7 Å². The van der Waals surface area contributed by atoms with Gasteiger partial charge in [0.25, 0.3) is 5.91 Å².